The number of carbonyl (C=O) groups is 1. The van der Waals surface area contributed by atoms with Crippen LogP contribution in [0.1, 0.15) is 55.6 Å². The van der Waals surface area contributed by atoms with Crippen LogP contribution in [0.2, 0.25) is 0 Å². The molecule has 1 saturated carbocycles. The molecule has 5 heteroatoms. The van der Waals surface area contributed by atoms with Gasteiger partial charge >= 0.3 is 5.97 Å². The van der Waals surface area contributed by atoms with Gasteiger partial charge in [-0.3, -0.25) is 0 Å². The van der Waals surface area contributed by atoms with Gasteiger partial charge in [-0.25, -0.2) is 9.48 Å². The zero-order chi connectivity index (χ0) is 12.3. The van der Waals surface area contributed by atoms with Crippen LogP contribution in [0.4, 0.5) is 0 Å². The maximum absolute atomic E-state index is 11.3. The smallest absolute Gasteiger partial charge is 0.360 e. The van der Waals surface area contributed by atoms with E-state index in [9.17, 15) is 4.79 Å². The quantitative estimate of drug-likeness (QED) is 0.756. The lowest BCUT2D eigenvalue weighted by Gasteiger charge is -2.27. The van der Waals surface area contributed by atoms with Crippen LogP contribution in [0.5, 0.6) is 0 Å². The van der Waals surface area contributed by atoms with Crippen molar-refractivity contribution in [1.29, 1.82) is 0 Å². The van der Waals surface area contributed by atoms with Gasteiger partial charge in [0, 0.05) is 0 Å². The van der Waals surface area contributed by atoms with Gasteiger partial charge in [0.2, 0.25) is 0 Å². The van der Waals surface area contributed by atoms with Crippen molar-refractivity contribution in [3.8, 4) is 0 Å². The first-order chi connectivity index (χ1) is 8.24. The van der Waals surface area contributed by atoms with Crippen molar-refractivity contribution >= 4 is 5.97 Å². The highest BCUT2D eigenvalue weighted by atomic mass is 16.5. The maximum atomic E-state index is 11.3. The fourth-order valence-electron chi connectivity index (χ4n) is 2.47. The summed E-state index contributed by atoms with van der Waals surface area (Å²) in [5.41, 5.74) is 0.296. The Morgan fingerprint density at radius 3 is 2.76 bits per heavy atom. The average molecular weight is 237 g/mol. The summed E-state index contributed by atoms with van der Waals surface area (Å²) in [4.78, 5) is 11.3. The number of hydrogen-bond acceptors (Lipinski definition) is 4. The van der Waals surface area contributed by atoms with Crippen molar-refractivity contribution in [2.24, 2.45) is 5.92 Å². The molecule has 0 unspecified atom stereocenters. The van der Waals surface area contributed by atoms with Gasteiger partial charge in [0.25, 0.3) is 0 Å². The summed E-state index contributed by atoms with van der Waals surface area (Å²) in [5.74, 6) is 0.438. The number of ether oxygens (including phenoxy) is 1. The number of rotatable bonds is 3. The zero-order valence-electron chi connectivity index (χ0n) is 10.4. The van der Waals surface area contributed by atoms with Gasteiger partial charge in [0.05, 0.1) is 19.3 Å². The molecule has 0 aromatic carbocycles. The van der Waals surface area contributed by atoms with E-state index in [4.69, 9.17) is 0 Å². The molecule has 1 heterocycles. The average Bonchev–Trinajstić information content (AvgIpc) is 2.87. The van der Waals surface area contributed by atoms with E-state index in [0.717, 1.165) is 18.8 Å². The number of nitrogens with zero attached hydrogens (tertiary/aromatic N) is 3. The number of aromatic nitrogens is 3. The van der Waals surface area contributed by atoms with E-state index >= 15 is 0 Å². The van der Waals surface area contributed by atoms with Crippen LogP contribution in [0.3, 0.4) is 0 Å². The molecule has 5 nitrogen and oxygen atoms in total. The lowest BCUT2D eigenvalue weighted by molar-refractivity contribution is 0.0594. The Kier molecular flexibility index (Phi) is 3.76. The van der Waals surface area contributed by atoms with Gasteiger partial charge in [-0.05, 0) is 31.6 Å². The second-order valence-corrected chi connectivity index (χ2v) is 4.66. The van der Waals surface area contributed by atoms with Gasteiger partial charge in [-0.2, -0.15) is 0 Å². The second kappa shape index (κ2) is 5.29. The lowest BCUT2D eigenvalue weighted by Crippen LogP contribution is -2.18. The van der Waals surface area contributed by atoms with Crippen molar-refractivity contribution in [2.45, 2.75) is 45.1 Å². The summed E-state index contributed by atoms with van der Waals surface area (Å²) < 4.78 is 6.43. The fraction of sp³-hybridized carbons (Fsp3) is 0.750. The van der Waals surface area contributed by atoms with Crippen LogP contribution < -0.4 is 0 Å². The third-order valence-electron chi connectivity index (χ3n) is 3.67. The summed E-state index contributed by atoms with van der Waals surface area (Å²) in [6.45, 7) is 2.25. The monoisotopic (exact) mass is 237 g/mol. The number of esters is 1. The molecular formula is C12H19N3O2. The van der Waals surface area contributed by atoms with E-state index in [1.54, 1.807) is 6.20 Å². The molecule has 94 valence electrons. The molecule has 0 N–H and O–H groups in total. The van der Waals surface area contributed by atoms with E-state index in [0.29, 0.717) is 11.7 Å². The van der Waals surface area contributed by atoms with Gasteiger partial charge in [-0.15, -0.1) is 5.10 Å². The maximum Gasteiger partial charge on any atom is 0.360 e. The molecule has 2 rings (SSSR count). The summed E-state index contributed by atoms with van der Waals surface area (Å²) in [6.07, 6.45) is 7.70. The number of hydrogen-bond donors (Lipinski definition) is 0. The molecule has 0 radical (unpaired) electrons. The molecule has 0 saturated heterocycles. The van der Waals surface area contributed by atoms with Crippen molar-refractivity contribution in [2.75, 3.05) is 7.11 Å². The first-order valence-corrected chi connectivity index (χ1v) is 6.24. The highest BCUT2D eigenvalue weighted by Crippen LogP contribution is 2.33. The largest absolute Gasteiger partial charge is 0.464 e. The lowest BCUT2D eigenvalue weighted by atomic mass is 9.85. The minimum absolute atomic E-state index is 0.296. The highest BCUT2D eigenvalue weighted by Gasteiger charge is 2.23. The Bertz CT molecular complexity index is 381. The first kappa shape index (κ1) is 12.1. The van der Waals surface area contributed by atoms with Crippen molar-refractivity contribution in [3.63, 3.8) is 0 Å². The van der Waals surface area contributed by atoms with Crippen LogP contribution in [-0.4, -0.2) is 28.1 Å². The molecule has 1 fully saturated rings. The molecule has 0 bridgehead atoms. The van der Waals surface area contributed by atoms with Crippen LogP contribution in [-0.2, 0) is 4.74 Å². The highest BCUT2D eigenvalue weighted by molar-refractivity contribution is 5.86. The molecule has 1 aliphatic rings. The summed E-state index contributed by atoms with van der Waals surface area (Å²) in [5, 5.41) is 7.87. The fourth-order valence-corrected chi connectivity index (χ4v) is 2.47. The molecule has 1 aromatic heterocycles. The standard InChI is InChI=1S/C12H19N3O2/c1-3-9-4-6-10(7-5-9)15-8-11(13-14-15)12(16)17-2/h8-10H,3-7H2,1-2H3. The first-order valence-electron chi connectivity index (χ1n) is 6.24. The van der Waals surface area contributed by atoms with Crippen LogP contribution in [0, 0.1) is 5.92 Å². The van der Waals surface area contributed by atoms with Crippen LogP contribution in [0.15, 0.2) is 6.20 Å². The molecule has 0 aliphatic heterocycles. The molecule has 0 atom stereocenters. The van der Waals surface area contributed by atoms with Gasteiger partial charge in [0.1, 0.15) is 0 Å². The minimum atomic E-state index is -0.418. The van der Waals surface area contributed by atoms with Crippen molar-refractivity contribution in [3.05, 3.63) is 11.9 Å². The Morgan fingerprint density at radius 1 is 1.47 bits per heavy atom. The normalized spacial score (nSPS) is 24.6. The van der Waals surface area contributed by atoms with Gasteiger partial charge in [0.15, 0.2) is 5.69 Å². The Balaban J connectivity index is 1.99. The Labute approximate surface area is 101 Å². The Morgan fingerprint density at radius 2 is 2.18 bits per heavy atom. The summed E-state index contributed by atoms with van der Waals surface area (Å²) >= 11 is 0. The van der Waals surface area contributed by atoms with Gasteiger partial charge in [-0.1, -0.05) is 18.6 Å². The van der Waals surface area contributed by atoms with Crippen LogP contribution in [0.25, 0.3) is 0 Å². The predicted octanol–water partition coefficient (Wildman–Crippen LogP) is 2.21. The zero-order valence-corrected chi connectivity index (χ0v) is 10.4. The van der Waals surface area contributed by atoms with Crippen molar-refractivity contribution < 1.29 is 9.53 Å². The predicted molar refractivity (Wildman–Crippen MR) is 62.6 cm³/mol. The third-order valence-corrected chi connectivity index (χ3v) is 3.67. The van der Waals surface area contributed by atoms with E-state index in [1.807, 2.05) is 4.68 Å². The minimum Gasteiger partial charge on any atom is -0.464 e. The molecule has 0 spiro atoms. The van der Waals surface area contributed by atoms with E-state index < -0.39 is 5.97 Å². The second-order valence-electron chi connectivity index (χ2n) is 4.66. The molecular weight excluding hydrogens is 218 g/mol. The number of methoxy groups -OCH3 is 1. The molecule has 1 aromatic rings. The molecule has 1 aliphatic carbocycles. The van der Waals surface area contributed by atoms with E-state index in [2.05, 4.69) is 22.0 Å². The van der Waals surface area contributed by atoms with E-state index in [-0.39, 0.29) is 0 Å². The Hall–Kier alpha value is -1.39. The number of carbonyl (C=O) groups excluding carboxylic acids is 1. The SMILES string of the molecule is CCC1CCC(n2cc(C(=O)OC)nn2)CC1. The molecule has 17 heavy (non-hydrogen) atoms. The topological polar surface area (TPSA) is 57.0 Å². The van der Waals surface area contributed by atoms with Crippen molar-refractivity contribution in [1.82, 2.24) is 15.0 Å². The van der Waals surface area contributed by atoms with Gasteiger partial charge < -0.3 is 4.74 Å². The molecule has 0 amide bonds. The van der Waals surface area contributed by atoms with Crippen LogP contribution >= 0.6 is 0 Å². The van der Waals surface area contributed by atoms with E-state index in [1.165, 1.54) is 26.4 Å². The third kappa shape index (κ3) is 2.65. The summed E-state index contributed by atoms with van der Waals surface area (Å²) in [7, 11) is 1.35. The summed E-state index contributed by atoms with van der Waals surface area (Å²) in [6, 6.07) is 0.392.